The van der Waals surface area contributed by atoms with E-state index in [1.165, 1.54) is 13.2 Å². The van der Waals surface area contributed by atoms with E-state index in [0.29, 0.717) is 17.7 Å². The van der Waals surface area contributed by atoms with Gasteiger partial charge in [0.15, 0.2) is 0 Å². The topological polar surface area (TPSA) is 47.6 Å². The Morgan fingerprint density at radius 2 is 2.28 bits per heavy atom. The summed E-state index contributed by atoms with van der Waals surface area (Å²) in [6.07, 6.45) is 0.750. The summed E-state index contributed by atoms with van der Waals surface area (Å²) in [4.78, 5) is 12.5. The van der Waals surface area contributed by atoms with Crippen LogP contribution < -0.4 is 5.32 Å². The highest BCUT2D eigenvalue weighted by molar-refractivity contribution is 5.93. The largest absolute Gasteiger partial charge is 0.487 e. The summed E-state index contributed by atoms with van der Waals surface area (Å²) < 4.78 is 39.0. The van der Waals surface area contributed by atoms with Gasteiger partial charge in [-0.15, -0.1) is 0 Å². The van der Waals surface area contributed by atoms with Gasteiger partial charge in [-0.05, 0) is 29.2 Å². The summed E-state index contributed by atoms with van der Waals surface area (Å²) in [6, 6.07) is 4.87. The number of allylic oxidation sites excluding steroid dienone is 3. The van der Waals surface area contributed by atoms with Crippen molar-refractivity contribution in [3.63, 3.8) is 0 Å². The van der Waals surface area contributed by atoms with Crippen molar-refractivity contribution in [1.82, 2.24) is 5.32 Å². The Balaban J connectivity index is 1.83. The lowest BCUT2D eigenvalue weighted by atomic mass is 9.78. The second-order valence-corrected chi connectivity index (χ2v) is 6.61. The first-order valence-corrected chi connectivity index (χ1v) is 8.17. The maximum atomic E-state index is 14.6. The molecule has 1 unspecified atom stereocenters. The first-order chi connectivity index (χ1) is 12.2. The third kappa shape index (κ3) is 1.82. The van der Waals surface area contributed by atoms with Crippen molar-refractivity contribution in [3.8, 4) is 0 Å². The number of esters is 1. The highest BCUT2D eigenvalue weighted by atomic mass is 19.1. The molecule has 4 nitrogen and oxygen atoms in total. The van der Waals surface area contributed by atoms with Crippen LogP contribution in [-0.2, 0) is 14.3 Å². The normalized spacial score (nSPS) is 25.6. The Bertz CT molecular complexity index is 929. The molecule has 0 amide bonds. The molecule has 2 aliphatic heterocycles. The van der Waals surface area contributed by atoms with E-state index in [-0.39, 0.29) is 23.0 Å². The summed E-state index contributed by atoms with van der Waals surface area (Å²) >= 11 is 0. The van der Waals surface area contributed by atoms with E-state index in [4.69, 9.17) is 9.47 Å². The maximum absolute atomic E-state index is 14.6. The molecule has 5 rings (SSSR count). The molecule has 1 N–H and O–H groups in total. The summed E-state index contributed by atoms with van der Waals surface area (Å²) in [5, 5.41) is 3.00. The molecule has 1 aromatic carbocycles. The molecule has 1 aromatic rings. The lowest BCUT2D eigenvalue weighted by Crippen LogP contribution is -2.31. The van der Waals surface area contributed by atoms with Crippen molar-refractivity contribution in [2.75, 3.05) is 20.4 Å². The minimum Gasteiger partial charge on any atom is -0.487 e. The van der Waals surface area contributed by atoms with Crippen molar-refractivity contribution >= 4 is 5.97 Å². The van der Waals surface area contributed by atoms with E-state index in [1.807, 2.05) is 6.07 Å². The van der Waals surface area contributed by atoms with Crippen LogP contribution in [0.4, 0.5) is 8.78 Å². The summed E-state index contributed by atoms with van der Waals surface area (Å²) in [6.45, 7) is -0.530. The number of hydrogen-bond acceptors (Lipinski definition) is 4. The Hall–Kier alpha value is -2.63. The van der Waals surface area contributed by atoms with E-state index < -0.39 is 18.6 Å². The van der Waals surface area contributed by atoms with Crippen molar-refractivity contribution in [2.24, 2.45) is 0 Å². The van der Waals surface area contributed by atoms with Crippen LogP contribution in [0.2, 0.25) is 0 Å². The van der Waals surface area contributed by atoms with E-state index in [2.05, 4.69) is 5.32 Å². The molecule has 1 saturated carbocycles. The van der Waals surface area contributed by atoms with Crippen LogP contribution in [0.1, 0.15) is 29.4 Å². The Morgan fingerprint density at radius 1 is 1.44 bits per heavy atom. The summed E-state index contributed by atoms with van der Waals surface area (Å²) in [5.74, 6) is -0.787. The molecule has 25 heavy (non-hydrogen) atoms. The van der Waals surface area contributed by atoms with Gasteiger partial charge in [-0.2, -0.15) is 0 Å². The first kappa shape index (κ1) is 14.7. The quantitative estimate of drug-likeness (QED) is 0.839. The fourth-order valence-corrected chi connectivity index (χ4v) is 4.31. The lowest BCUT2D eigenvalue weighted by molar-refractivity contribution is -0.136. The third-order valence-electron chi connectivity index (χ3n) is 5.40. The molecule has 0 spiro atoms. The predicted octanol–water partition coefficient (Wildman–Crippen LogP) is 2.95. The minimum absolute atomic E-state index is 0.0311. The van der Waals surface area contributed by atoms with Gasteiger partial charge >= 0.3 is 5.97 Å². The van der Waals surface area contributed by atoms with Gasteiger partial charge in [0, 0.05) is 17.4 Å². The molecule has 6 heteroatoms. The number of hydrogen-bond donors (Lipinski definition) is 1. The highest BCUT2D eigenvalue weighted by Gasteiger charge is 2.51. The molecule has 4 aliphatic rings. The van der Waals surface area contributed by atoms with Gasteiger partial charge < -0.3 is 14.8 Å². The van der Waals surface area contributed by atoms with Crippen LogP contribution in [0.5, 0.6) is 0 Å². The molecule has 2 aliphatic carbocycles. The van der Waals surface area contributed by atoms with Crippen molar-refractivity contribution in [1.29, 1.82) is 0 Å². The maximum Gasteiger partial charge on any atom is 0.336 e. The van der Waals surface area contributed by atoms with Gasteiger partial charge in [0.05, 0.1) is 24.1 Å². The fraction of sp³-hybridized carbons (Fsp3) is 0.316. The molecule has 2 atom stereocenters. The number of rotatable bonds is 2. The van der Waals surface area contributed by atoms with Gasteiger partial charge in [-0.3, -0.25) is 0 Å². The summed E-state index contributed by atoms with van der Waals surface area (Å²) in [7, 11) is 1.26. The van der Waals surface area contributed by atoms with Crippen molar-refractivity contribution < 1.29 is 23.0 Å². The highest BCUT2D eigenvalue weighted by Crippen LogP contribution is 2.60. The molecule has 0 radical (unpaired) electrons. The number of nitrogens with one attached hydrogen (secondary N) is 1. The zero-order valence-electron chi connectivity index (χ0n) is 13.5. The number of alkyl halides is 1. The van der Waals surface area contributed by atoms with E-state index in [0.717, 1.165) is 29.0 Å². The van der Waals surface area contributed by atoms with Crippen LogP contribution >= 0.6 is 0 Å². The zero-order valence-corrected chi connectivity index (χ0v) is 13.5. The lowest BCUT2D eigenvalue weighted by Gasteiger charge is -2.29. The second-order valence-electron chi connectivity index (χ2n) is 6.61. The van der Waals surface area contributed by atoms with Crippen LogP contribution in [0, 0.1) is 5.82 Å². The van der Waals surface area contributed by atoms with E-state index >= 15 is 0 Å². The monoisotopic (exact) mass is 343 g/mol. The number of halogens is 2. The van der Waals surface area contributed by atoms with Crippen LogP contribution in [-0.4, -0.2) is 26.4 Å². The predicted molar refractivity (Wildman–Crippen MR) is 84.7 cm³/mol. The number of benzene rings is 1. The van der Waals surface area contributed by atoms with E-state index in [9.17, 15) is 13.6 Å². The number of dihydropyridines is 1. The molecular formula is C19H15F2NO3. The van der Waals surface area contributed by atoms with Crippen molar-refractivity contribution in [2.45, 2.75) is 18.3 Å². The fourth-order valence-electron chi connectivity index (χ4n) is 4.31. The van der Waals surface area contributed by atoms with Gasteiger partial charge in [-0.1, -0.05) is 12.1 Å². The van der Waals surface area contributed by atoms with Crippen LogP contribution in [0.25, 0.3) is 0 Å². The molecular weight excluding hydrogens is 328 g/mol. The van der Waals surface area contributed by atoms with E-state index in [1.54, 1.807) is 6.07 Å². The smallest absolute Gasteiger partial charge is 0.336 e. The number of carbonyl (C=O) groups excluding carboxylic acids is 1. The van der Waals surface area contributed by atoms with Gasteiger partial charge in [0.2, 0.25) is 0 Å². The van der Waals surface area contributed by atoms with Crippen LogP contribution in [0.3, 0.4) is 0 Å². The average Bonchev–Trinajstić information content (AvgIpc) is 3.31. The number of carbonyl (C=O) groups is 1. The number of ether oxygens (including phenoxy) is 2. The van der Waals surface area contributed by atoms with Gasteiger partial charge in [0.1, 0.15) is 24.9 Å². The number of fused-ring (bicyclic) bond motifs is 4. The zero-order chi connectivity index (χ0) is 17.3. The minimum atomic E-state index is -0.836. The molecule has 1 fully saturated rings. The summed E-state index contributed by atoms with van der Waals surface area (Å²) in [5.41, 5.74) is 4.25. The Labute approximate surface area is 142 Å². The molecule has 128 valence electrons. The standard InChI is InChI=1S/C19H15F2NO3/c1-24-19(23)17-12(6-20)22-13-7-25-18-10-5-9(10)14-8(15(17)16(13)18)3-2-4-11(14)21/h2-4,9,15,22H,5-7H2,1H3/t9?,15-/m1/s1. The number of methoxy groups -OCH3 is 1. The average molecular weight is 343 g/mol. The second kappa shape index (κ2) is 4.94. The van der Waals surface area contributed by atoms with Gasteiger partial charge in [-0.25, -0.2) is 13.6 Å². The Morgan fingerprint density at radius 3 is 3.04 bits per heavy atom. The van der Waals surface area contributed by atoms with Crippen molar-refractivity contribution in [3.05, 3.63) is 69.0 Å². The SMILES string of the molecule is COC(=O)C1=C(CF)NC2=C3C(=C4CC4c4c(F)cccc4[C@@H]13)OC2. The van der Waals surface area contributed by atoms with Crippen LogP contribution in [0.15, 0.2) is 52.1 Å². The molecule has 0 aromatic heterocycles. The molecule has 2 heterocycles. The van der Waals surface area contributed by atoms with Gasteiger partial charge in [0.25, 0.3) is 0 Å². The molecule has 0 bridgehead atoms. The third-order valence-corrected chi connectivity index (χ3v) is 5.40. The Kier molecular flexibility index (Phi) is 2.90. The molecule has 0 saturated heterocycles. The first-order valence-electron chi connectivity index (χ1n) is 8.17.